The highest BCUT2D eigenvalue weighted by molar-refractivity contribution is 5.93. The highest BCUT2D eigenvalue weighted by Gasteiger charge is 2.20. The summed E-state index contributed by atoms with van der Waals surface area (Å²) in [5.74, 6) is 0.474. The average Bonchev–Trinajstić information content (AvgIpc) is 2.58. The molecule has 0 aromatic carbocycles. The van der Waals surface area contributed by atoms with Crippen molar-refractivity contribution in [2.24, 2.45) is 5.73 Å². The summed E-state index contributed by atoms with van der Waals surface area (Å²) in [5.41, 5.74) is 6.75. The lowest BCUT2D eigenvalue weighted by atomic mass is 10.1. The Hall–Kier alpha value is -1.58. The van der Waals surface area contributed by atoms with E-state index in [9.17, 15) is 4.79 Å². The van der Waals surface area contributed by atoms with E-state index in [-0.39, 0.29) is 0 Å². The SMILES string of the molecule is CC[C@@H]1Cc2cc(C(N)=O)cnc2N1. The van der Waals surface area contributed by atoms with Gasteiger partial charge in [-0.05, 0) is 24.5 Å². The Balaban J connectivity index is 2.31. The zero-order valence-corrected chi connectivity index (χ0v) is 8.08. The van der Waals surface area contributed by atoms with Gasteiger partial charge in [-0.3, -0.25) is 4.79 Å². The Morgan fingerprint density at radius 1 is 1.79 bits per heavy atom. The summed E-state index contributed by atoms with van der Waals surface area (Å²) in [6, 6.07) is 2.27. The predicted octanol–water partition coefficient (Wildman–Crippen LogP) is 0.927. The van der Waals surface area contributed by atoms with Crippen molar-refractivity contribution < 1.29 is 4.79 Å². The fraction of sp³-hybridized carbons (Fsp3) is 0.400. The van der Waals surface area contributed by atoms with E-state index < -0.39 is 5.91 Å². The zero-order valence-electron chi connectivity index (χ0n) is 8.08. The number of hydrogen-bond donors (Lipinski definition) is 2. The van der Waals surface area contributed by atoms with Crippen molar-refractivity contribution >= 4 is 11.7 Å². The summed E-state index contributed by atoms with van der Waals surface area (Å²) < 4.78 is 0. The van der Waals surface area contributed by atoms with E-state index in [2.05, 4.69) is 17.2 Å². The van der Waals surface area contributed by atoms with Crippen LogP contribution in [0.2, 0.25) is 0 Å². The fourth-order valence-electron chi connectivity index (χ4n) is 1.69. The van der Waals surface area contributed by atoms with Gasteiger partial charge in [0.05, 0.1) is 5.56 Å². The molecule has 1 aliphatic heterocycles. The Bertz CT molecular complexity index is 376. The Labute approximate surface area is 82.5 Å². The van der Waals surface area contributed by atoms with E-state index >= 15 is 0 Å². The molecule has 3 N–H and O–H groups in total. The maximum atomic E-state index is 10.9. The van der Waals surface area contributed by atoms with Gasteiger partial charge in [-0.2, -0.15) is 0 Å². The van der Waals surface area contributed by atoms with Gasteiger partial charge in [0, 0.05) is 12.2 Å². The predicted molar refractivity (Wildman–Crippen MR) is 54.2 cm³/mol. The zero-order chi connectivity index (χ0) is 10.1. The molecule has 4 heteroatoms. The highest BCUT2D eigenvalue weighted by Crippen LogP contribution is 2.25. The molecule has 1 amide bonds. The van der Waals surface area contributed by atoms with Gasteiger partial charge in [-0.25, -0.2) is 4.98 Å². The molecule has 0 fully saturated rings. The molecular weight excluding hydrogens is 178 g/mol. The maximum Gasteiger partial charge on any atom is 0.250 e. The van der Waals surface area contributed by atoms with Crippen LogP contribution in [0.4, 0.5) is 5.82 Å². The van der Waals surface area contributed by atoms with Gasteiger partial charge >= 0.3 is 0 Å². The molecule has 0 spiro atoms. The Kier molecular flexibility index (Phi) is 2.11. The summed E-state index contributed by atoms with van der Waals surface area (Å²) in [6.45, 7) is 2.12. The number of aromatic nitrogens is 1. The van der Waals surface area contributed by atoms with Gasteiger partial charge in [-0.15, -0.1) is 0 Å². The van der Waals surface area contributed by atoms with Crippen molar-refractivity contribution in [2.45, 2.75) is 25.8 Å². The lowest BCUT2D eigenvalue weighted by molar-refractivity contribution is 0.1000. The van der Waals surface area contributed by atoms with Crippen LogP contribution in [-0.4, -0.2) is 16.9 Å². The van der Waals surface area contributed by atoms with Crippen LogP contribution in [-0.2, 0) is 6.42 Å². The number of amides is 1. The number of nitrogens with one attached hydrogen (secondary N) is 1. The van der Waals surface area contributed by atoms with Crippen molar-refractivity contribution in [3.05, 3.63) is 23.4 Å². The van der Waals surface area contributed by atoms with Crippen LogP contribution in [0.3, 0.4) is 0 Å². The maximum absolute atomic E-state index is 10.9. The van der Waals surface area contributed by atoms with E-state index in [0.717, 1.165) is 24.2 Å². The first-order valence-corrected chi connectivity index (χ1v) is 4.76. The molecular formula is C10H13N3O. The van der Waals surface area contributed by atoms with E-state index in [1.807, 2.05) is 6.07 Å². The minimum absolute atomic E-state index is 0.416. The summed E-state index contributed by atoms with van der Waals surface area (Å²) in [6.07, 6.45) is 3.51. The molecule has 1 aliphatic rings. The number of pyridine rings is 1. The third-order valence-corrected chi connectivity index (χ3v) is 2.55. The number of rotatable bonds is 2. The molecule has 2 rings (SSSR count). The van der Waals surface area contributed by atoms with Gasteiger partial charge < -0.3 is 11.1 Å². The van der Waals surface area contributed by atoms with Crippen molar-refractivity contribution in [1.29, 1.82) is 0 Å². The molecule has 1 aromatic rings. The fourth-order valence-corrected chi connectivity index (χ4v) is 1.69. The molecule has 1 atom stereocenters. The van der Waals surface area contributed by atoms with E-state index in [1.54, 1.807) is 0 Å². The Morgan fingerprint density at radius 3 is 3.21 bits per heavy atom. The minimum atomic E-state index is -0.416. The van der Waals surface area contributed by atoms with Crippen LogP contribution in [0, 0.1) is 0 Å². The highest BCUT2D eigenvalue weighted by atomic mass is 16.1. The van der Waals surface area contributed by atoms with Crippen molar-refractivity contribution in [3.8, 4) is 0 Å². The van der Waals surface area contributed by atoms with Crippen molar-refractivity contribution in [2.75, 3.05) is 5.32 Å². The first-order chi connectivity index (χ1) is 6.70. The standard InChI is InChI=1S/C10H13N3O/c1-2-8-4-6-3-7(9(11)14)5-12-10(6)13-8/h3,5,8H,2,4H2,1H3,(H2,11,14)(H,12,13)/t8-/m1/s1. The van der Waals surface area contributed by atoms with Gasteiger partial charge in [-0.1, -0.05) is 6.92 Å². The monoisotopic (exact) mass is 191 g/mol. The largest absolute Gasteiger partial charge is 0.367 e. The number of carbonyl (C=O) groups excluding carboxylic acids is 1. The van der Waals surface area contributed by atoms with Crippen LogP contribution < -0.4 is 11.1 Å². The molecule has 0 bridgehead atoms. The minimum Gasteiger partial charge on any atom is -0.367 e. The topological polar surface area (TPSA) is 68.0 Å². The number of fused-ring (bicyclic) bond motifs is 1. The van der Waals surface area contributed by atoms with Gasteiger partial charge in [0.2, 0.25) is 5.91 Å². The molecule has 0 aliphatic carbocycles. The number of carbonyl (C=O) groups is 1. The quantitative estimate of drug-likeness (QED) is 0.730. The molecule has 0 unspecified atom stereocenters. The molecule has 14 heavy (non-hydrogen) atoms. The van der Waals surface area contributed by atoms with E-state index in [1.165, 1.54) is 6.20 Å². The summed E-state index contributed by atoms with van der Waals surface area (Å²) >= 11 is 0. The smallest absolute Gasteiger partial charge is 0.250 e. The molecule has 1 aromatic heterocycles. The van der Waals surface area contributed by atoms with Gasteiger partial charge in [0.1, 0.15) is 5.82 Å². The second-order valence-electron chi connectivity index (χ2n) is 3.55. The molecule has 0 saturated carbocycles. The summed E-state index contributed by atoms with van der Waals surface area (Å²) in [5, 5.41) is 3.29. The lowest BCUT2D eigenvalue weighted by Gasteiger charge is -2.04. The van der Waals surface area contributed by atoms with E-state index in [4.69, 9.17) is 5.73 Å². The van der Waals surface area contributed by atoms with Crippen LogP contribution in [0.25, 0.3) is 0 Å². The molecule has 0 radical (unpaired) electrons. The number of hydrogen-bond acceptors (Lipinski definition) is 3. The summed E-state index contributed by atoms with van der Waals surface area (Å²) in [4.78, 5) is 15.1. The molecule has 74 valence electrons. The first-order valence-electron chi connectivity index (χ1n) is 4.76. The van der Waals surface area contributed by atoms with Gasteiger partial charge in [0.15, 0.2) is 0 Å². The third kappa shape index (κ3) is 1.43. The number of primary amides is 1. The van der Waals surface area contributed by atoms with Crippen molar-refractivity contribution in [1.82, 2.24) is 4.98 Å². The third-order valence-electron chi connectivity index (χ3n) is 2.55. The molecule has 0 saturated heterocycles. The normalized spacial score (nSPS) is 18.8. The van der Waals surface area contributed by atoms with E-state index in [0.29, 0.717) is 11.6 Å². The van der Waals surface area contributed by atoms with Crippen LogP contribution in [0.15, 0.2) is 12.3 Å². The van der Waals surface area contributed by atoms with Gasteiger partial charge in [0.25, 0.3) is 0 Å². The second-order valence-corrected chi connectivity index (χ2v) is 3.55. The lowest BCUT2D eigenvalue weighted by Crippen LogP contribution is -2.13. The van der Waals surface area contributed by atoms with Crippen LogP contribution in [0.5, 0.6) is 0 Å². The molecule has 2 heterocycles. The number of nitrogens with zero attached hydrogens (tertiary/aromatic N) is 1. The first kappa shape index (κ1) is 8.99. The number of anilines is 1. The second kappa shape index (κ2) is 3.29. The van der Waals surface area contributed by atoms with Crippen molar-refractivity contribution in [3.63, 3.8) is 0 Å². The van der Waals surface area contributed by atoms with Crippen LogP contribution in [0.1, 0.15) is 29.3 Å². The molecule has 4 nitrogen and oxygen atoms in total. The summed E-state index contributed by atoms with van der Waals surface area (Å²) in [7, 11) is 0. The Morgan fingerprint density at radius 2 is 2.57 bits per heavy atom. The van der Waals surface area contributed by atoms with Crippen LogP contribution >= 0.6 is 0 Å². The average molecular weight is 191 g/mol. The number of nitrogens with two attached hydrogens (primary N) is 1.